The molecule has 8 nitrogen and oxygen atoms in total. The van der Waals surface area contributed by atoms with Gasteiger partial charge in [-0.25, -0.2) is 4.98 Å². The van der Waals surface area contributed by atoms with Gasteiger partial charge in [0.05, 0.1) is 16.5 Å². The Morgan fingerprint density at radius 3 is 2.73 bits per heavy atom. The third-order valence-electron chi connectivity index (χ3n) is 5.61. The minimum Gasteiger partial charge on any atom is -0.338 e. The van der Waals surface area contributed by atoms with Gasteiger partial charge in [-0.15, -0.1) is 11.3 Å². The van der Waals surface area contributed by atoms with Crippen LogP contribution in [0.2, 0.25) is 5.02 Å². The average molecular weight is 485 g/mol. The molecule has 33 heavy (non-hydrogen) atoms. The van der Waals surface area contributed by atoms with Gasteiger partial charge >= 0.3 is 0 Å². The summed E-state index contributed by atoms with van der Waals surface area (Å²) in [6.07, 6.45) is 1.41. The number of rotatable bonds is 5. The van der Waals surface area contributed by atoms with Crippen LogP contribution < -0.4 is 5.32 Å². The number of halogens is 1. The Bertz CT molecular complexity index is 1210. The first-order valence-electron chi connectivity index (χ1n) is 10.4. The molecule has 170 valence electrons. The summed E-state index contributed by atoms with van der Waals surface area (Å²) in [6, 6.07) is 11.6. The number of piperidine rings is 1. The van der Waals surface area contributed by atoms with Crippen LogP contribution in [-0.4, -0.2) is 39.7 Å². The second-order valence-corrected chi connectivity index (χ2v) is 9.18. The van der Waals surface area contributed by atoms with Gasteiger partial charge in [-0.05, 0) is 44.0 Å². The van der Waals surface area contributed by atoms with Crippen molar-refractivity contribution in [2.75, 3.05) is 18.4 Å². The number of nitro benzene ring substituents is 1. The van der Waals surface area contributed by atoms with E-state index in [0.29, 0.717) is 52.0 Å². The number of aryl methyl sites for hydroxylation is 1. The van der Waals surface area contributed by atoms with Gasteiger partial charge in [0, 0.05) is 46.2 Å². The highest BCUT2D eigenvalue weighted by molar-refractivity contribution is 7.14. The summed E-state index contributed by atoms with van der Waals surface area (Å²) in [5, 5.41) is 16.8. The summed E-state index contributed by atoms with van der Waals surface area (Å²) in [6.45, 7) is 2.61. The van der Waals surface area contributed by atoms with Gasteiger partial charge < -0.3 is 10.2 Å². The van der Waals surface area contributed by atoms with Crippen LogP contribution in [0.3, 0.4) is 0 Å². The Kier molecular flexibility index (Phi) is 6.71. The molecule has 0 spiro atoms. The first kappa shape index (κ1) is 22.9. The van der Waals surface area contributed by atoms with E-state index in [1.807, 2.05) is 0 Å². The number of benzene rings is 2. The van der Waals surface area contributed by atoms with Crippen molar-refractivity contribution in [3.63, 3.8) is 0 Å². The maximum atomic E-state index is 12.9. The molecule has 1 unspecified atom stereocenters. The summed E-state index contributed by atoms with van der Waals surface area (Å²) in [5.41, 5.74) is 2.31. The van der Waals surface area contributed by atoms with E-state index in [9.17, 15) is 19.7 Å². The molecule has 2 aromatic carbocycles. The van der Waals surface area contributed by atoms with Crippen LogP contribution in [0.15, 0.2) is 47.8 Å². The van der Waals surface area contributed by atoms with Crippen molar-refractivity contribution in [1.29, 1.82) is 0 Å². The second kappa shape index (κ2) is 9.68. The third-order valence-corrected chi connectivity index (χ3v) is 6.62. The molecule has 2 heterocycles. The molecule has 1 aliphatic rings. The largest absolute Gasteiger partial charge is 0.338 e. The molecule has 4 rings (SSSR count). The van der Waals surface area contributed by atoms with Gasteiger partial charge in [-0.1, -0.05) is 23.7 Å². The number of nitrogens with zero attached hydrogens (tertiary/aromatic N) is 3. The second-order valence-electron chi connectivity index (χ2n) is 7.88. The first-order valence-corrected chi connectivity index (χ1v) is 11.6. The number of hydrogen-bond acceptors (Lipinski definition) is 6. The lowest BCUT2D eigenvalue weighted by Gasteiger charge is -2.32. The van der Waals surface area contributed by atoms with E-state index in [1.54, 1.807) is 53.6 Å². The molecule has 1 aliphatic heterocycles. The Morgan fingerprint density at radius 1 is 1.24 bits per heavy atom. The molecule has 1 fully saturated rings. The molecule has 10 heteroatoms. The maximum Gasteiger partial charge on any atom is 0.272 e. The third kappa shape index (κ3) is 5.20. The topological polar surface area (TPSA) is 105 Å². The molecule has 1 N–H and O–H groups in total. The van der Waals surface area contributed by atoms with Crippen LogP contribution in [0.4, 0.5) is 10.8 Å². The first-order chi connectivity index (χ1) is 15.8. The van der Waals surface area contributed by atoms with Gasteiger partial charge in [0.1, 0.15) is 0 Å². The zero-order chi connectivity index (χ0) is 23.5. The molecule has 0 aliphatic carbocycles. The summed E-state index contributed by atoms with van der Waals surface area (Å²) in [7, 11) is 0. The van der Waals surface area contributed by atoms with Gasteiger partial charge in [-0.3, -0.25) is 19.7 Å². The van der Waals surface area contributed by atoms with Crippen molar-refractivity contribution in [1.82, 2.24) is 9.88 Å². The predicted octanol–water partition coefficient (Wildman–Crippen LogP) is 5.17. The van der Waals surface area contributed by atoms with E-state index < -0.39 is 4.92 Å². The lowest BCUT2D eigenvalue weighted by molar-refractivity contribution is -0.385. The summed E-state index contributed by atoms with van der Waals surface area (Å²) in [5.74, 6) is -0.663. The van der Waals surface area contributed by atoms with E-state index >= 15 is 0 Å². The fourth-order valence-electron chi connectivity index (χ4n) is 3.79. The van der Waals surface area contributed by atoms with Crippen LogP contribution in [-0.2, 0) is 4.79 Å². The van der Waals surface area contributed by atoms with Crippen LogP contribution in [0.25, 0.3) is 11.3 Å². The molecular weight excluding hydrogens is 464 g/mol. The SMILES string of the molecule is Cc1ccc(-c2csc(NC(=O)C3CCCN(C(=O)c4ccc(Cl)cc4)C3)n2)cc1[N+](=O)[O-]. The quantitative estimate of drug-likeness (QED) is 0.397. The lowest BCUT2D eigenvalue weighted by Crippen LogP contribution is -2.43. The Balaban J connectivity index is 1.42. The standard InChI is InChI=1S/C23H21ClN4O4S/c1-14-4-5-16(11-20(14)28(31)32)19-13-33-23(25-19)26-21(29)17-3-2-10-27(12-17)22(30)15-6-8-18(24)9-7-15/h4-9,11,13,17H,2-3,10,12H2,1H3,(H,25,26,29). The highest BCUT2D eigenvalue weighted by Gasteiger charge is 2.29. The van der Waals surface area contributed by atoms with E-state index in [-0.39, 0.29) is 23.4 Å². The molecule has 1 atom stereocenters. The van der Waals surface area contributed by atoms with Crippen molar-refractivity contribution >= 4 is 45.6 Å². The zero-order valence-corrected chi connectivity index (χ0v) is 19.4. The van der Waals surface area contributed by atoms with Gasteiger partial charge in [0.2, 0.25) is 5.91 Å². The molecule has 2 amide bonds. The van der Waals surface area contributed by atoms with Gasteiger partial charge in [0.15, 0.2) is 5.13 Å². The van der Waals surface area contributed by atoms with E-state index in [1.165, 1.54) is 17.4 Å². The Morgan fingerprint density at radius 2 is 2.00 bits per heavy atom. The number of aromatic nitrogens is 1. The number of carbonyl (C=O) groups is 2. The monoisotopic (exact) mass is 484 g/mol. The number of hydrogen-bond donors (Lipinski definition) is 1. The molecule has 0 saturated carbocycles. The Hall–Kier alpha value is -3.30. The molecule has 1 saturated heterocycles. The summed E-state index contributed by atoms with van der Waals surface area (Å²) < 4.78 is 0. The van der Waals surface area contributed by atoms with E-state index in [2.05, 4.69) is 10.3 Å². The van der Waals surface area contributed by atoms with E-state index in [4.69, 9.17) is 11.6 Å². The van der Waals surface area contributed by atoms with Crippen LogP contribution >= 0.6 is 22.9 Å². The number of nitrogens with one attached hydrogen (secondary N) is 1. The van der Waals surface area contributed by atoms with Crippen molar-refractivity contribution in [2.24, 2.45) is 5.92 Å². The number of amides is 2. The number of carbonyl (C=O) groups excluding carboxylic acids is 2. The Labute approximate surface area is 199 Å². The molecule has 1 aromatic heterocycles. The summed E-state index contributed by atoms with van der Waals surface area (Å²) >= 11 is 7.15. The van der Waals surface area contributed by atoms with E-state index in [0.717, 1.165) is 6.42 Å². The molecule has 3 aromatic rings. The molecule has 0 radical (unpaired) electrons. The number of likely N-dealkylation sites (tertiary alicyclic amines) is 1. The summed E-state index contributed by atoms with van der Waals surface area (Å²) in [4.78, 5) is 42.6. The van der Waals surface area contributed by atoms with Gasteiger partial charge in [-0.2, -0.15) is 0 Å². The van der Waals surface area contributed by atoms with Crippen molar-refractivity contribution in [2.45, 2.75) is 19.8 Å². The number of nitro groups is 1. The minimum atomic E-state index is -0.423. The lowest BCUT2D eigenvalue weighted by atomic mass is 9.96. The van der Waals surface area contributed by atoms with Crippen LogP contribution in [0.1, 0.15) is 28.8 Å². The number of thiazole rings is 1. The van der Waals surface area contributed by atoms with Crippen molar-refractivity contribution in [3.05, 3.63) is 74.1 Å². The van der Waals surface area contributed by atoms with Gasteiger partial charge in [0.25, 0.3) is 11.6 Å². The van der Waals surface area contributed by atoms with Crippen LogP contribution in [0, 0.1) is 23.0 Å². The zero-order valence-electron chi connectivity index (χ0n) is 17.8. The predicted molar refractivity (Wildman–Crippen MR) is 128 cm³/mol. The number of anilines is 1. The molecular formula is C23H21ClN4O4S. The normalized spacial score (nSPS) is 15.8. The van der Waals surface area contributed by atoms with Crippen molar-refractivity contribution in [3.8, 4) is 11.3 Å². The maximum absolute atomic E-state index is 12.9. The fourth-order valence-corrected chi connectivity index (χ4v) is 4.64. The average Bonchev–Trinajstić information content (AvgIpc) is 3.27. The van der Waals surface area contributed by atoms with Crippen molar-refractivity contribution < 1.29 is 14.5 Å². The fraction of sp³-hybridized carbons (Fsp3) is 0.261. The minimum absolute atomic E-state index is 0.0266. The smallest absolute Gasteiger partial charge is 0.272 e. The highest BCUT2D eigenvalue weighted by Crippen LogP contribution is 2.30. The highest BCUT2D eigenvalue weighted by atomic mass is 35.5. The van der Waals surface area contributed by atoms with Crippen LogP contribution in [0.5, 0.6) is 0 Å². The molecule has 0 bridgehead atoms.